The van der Waals surface area contributed by atoms with Crippen molar-refractivity contribution in [1.82, 2.24) is 4.90 Å². The Morgan fingerprint density at radius 3 is 2.61 bits per heavy atom. The summed E-state index contributed by atoms with van der Waals surface area (Å²) in [5, 5.41) is 4.98. The lowest BCUT2D eigenvalue weighted by Crippen LogP contribution is -2.30. The fourth-order valence-corrected chi connectivity index (χ4v) is 4.14. The summed E-state index contributed by atoms with van der Waals surface area (Å²) in [5.41, 5.74) is 0.945. The molecule has 1 amide bonds. The summed E-state index contributed by atoms with van der Waals surface area (Å²) >= 11 is 1.54. The van der Waals surface area contributed by atoms with Crippen LogP contribution in [0.15, 0.2) is 52.0 Å². The van der Waals surface area contributed by atoms with Crippen molar-refractivity contribution in [2.24, 2.45) is 5.14 Å². The Labute approximate surface area is 138 Å². The summed E-state index contributed by atoms with van der Waals surface area (Å²) in [6.07, 6.45) is 2.23. The van der Waals surface area contributed by atoms with Crippen molar-refractivity contribution in [3.63, 3.8) is 0 Å². The number of benzene rings is 1. The first-order valence-corrected chi connectivity index (χ1v) is 9.61. The van der Waals surface area contributed by atoms with Gasteiger partial charge in [-0.05, 0) is 36.2 Å². The molecule has 8 heteroatoms. The number of amides is 1. The summed E-state index contributed by atoms with van der Waals surface area (Å²) in [7, 11) is -3.68. The first kappa shape index (κ1) is 16.1. The first-order chi connectivity index (χ1) is 10.9. The first-order valence-electron chi connectivity index (χ1n) is 7.01. The fraction of sp³-hybridized carbons (Fsp3) is 0.267. The van der Waals surface area contributed by atoms with Gasteiger partial charge in [0.2, 0.25) is 15.9 Å². The molecule has 1 unspecified atom stereocenters. The van der Waals surface area contributed by atoms with Crippen LogP contribution in [-0.4, -0.2) is 31.5 Å². The van der Waals surface area contributed by atoms with Crippen LogP contribution in [0.25, 0.3) is 0 Å². The highest BCUT2D eigenvalue weighted by Crippen LogP contribution is 2.38. The van der Waals surface area contributed by atoms with E-state index in [4.69, 9.17) is 9.56 Å². The summed E-state index contributed by atoms with van der Waals surface area (Å²) in [4.78, 5) is 13.9. The average Bonchev–Trinajstić information content (AvgIpc) is 3.14. The molecule has 0 aliphatic carbocycles. The number of nitrogens with zero attached hydrogens (tertiary/aromatic N) is 1. The molecule has 2 heterocycles. The monoisotopic (exact) mass is 352 g/mol. The third-order valence-electron chi connectivity index (χ3n) is 3.65. The SMILES string of the molecule is NS(=O)(=O)c1ccc(CCN2C(=O)CSC2c2ccco2)cc1. The highest BCUT2D eigenvalue weighted by atomic mass is 32.2. The Bertz CT molecular complexity index is 785. The zero-order valence-electron chi connectivity index (χ0n) is 12.2. The van der Waals surface area contributed by atoms with Crippen molar-refractivity contribution in [3.05, 3.63) is 54.0 Å². The van der Waals surface area contributed by atoms with Crippen molar-refractivity contribution in [3.8, 4) is 0 Å². The molecule has 1 aliphatic rings. The van der Waals surface area contributed by atoms with Crippen molar-refractivity contribution in [2.45, 2.75) is 16.7 Å². The van der Waals surface area contributed by atoms with Crippen LogP contribution in [0.3, 0.4) is 0 Å². The molecule has 1 aliphatic heterocycles. The van der Waals surface area contributed by atoms with E-state index in [1.54, 1.807) is 35.1 Å². The molecule has 0 bridgehead atoms. The van der Waals surface area contributed by atoms with E-state index in [0.29, 0.717) is 18.7 Å². The number of hydrogen-bond donors (Lipinski definition) is 1. The van der Waals surface area contributed by atoms with Crippen LogP contribution in [0.2, 0.25) is 0 Å². The lowest BCUT2D eigenvalue weighted by Gasteiger charge is -2.22. The highest BCUT2D eigenvalue weighted by Gasteiger charge is 2.34. The van der Waals surface area contributed by atoms with E-state index < -0.39 is 10.0 Å². The topological polar surface area (TPSA) is 93.6 Å². The number of nitrogens with two attached hydrogens (primary N) is 1. The lowest BCUT2D eigenvalue weighted by atomic mass is 10.1. The van der Waals surface area contributed by atoms with Crippen LogP contribution < -0.4 is 5.14 Å². The number of furan rings is 1. The number of sulfonamides is 1. The van der Waals surface area contributed by atoms with E-state index >= 15 is 0 Å². The van der Waals surface area contributed by atoms with E-state index in [1.165, 1.54) is 12.1 Å². The maximum absolute atomic E-state index is 12.1. The van der Waals surface area contributed by atoms with Gasteiger partial charge in [0.1, 0.15) is 11.1 Å². The average molecular weight is 352 g/mol. The Kier molecular flexibility index (Phi) is 4.47. The van der Waals surface area contributed by atoms with Crippen molar-refractivity contribution in [2.75, 3.05) is 12.3 Å². The molecule has 1 aromatic heterocycles. The molecule has 6 nitrogen and oxygen atoms in total. The molecule has 1 saturated heterocycles. The van der Waals surface area contributed by atoms with Gasteiger partial charge in [0, 0.05) is 6.54 Å². The Morgan fingerprint density at radius 1 is 1.26 bits per heavy atom. The highest BCUT2D eigenvalue weighted by molar-refractivity contribution is 8.00. The second-order valence-corrected chi connectivity index (χ2v) is 7.83. The van der Waals surface area contributed by atoms with Gasteiger partial charge in [-0.3, -0.25) is 4.79 Å². The number of carbonyl (C=O) groups is 1. The van der Waals surface area contributed by atoms with Gasteiger partial charge in [0.05, 0.1) is 16.9 Å². The number of primary sulfonamides is 1. The van der Waals surface area contributed by atoms with Gasteiger partial charge in [-0.1, -0.05) is 12.1 Å². The summed E-state index contributed by atoms with van der Waals surface area (Å²) in [5.74, 6) is 1.29. The van der Waals surface area contributed by atoms with Gasteiger partial charge in [-0.15, -0.1) is 11.8 Å². The van der Waals surface area contributed by atoms with Crippen molar-refractivity contribution < 1.29 is 17.6 Å². The van der Waals surface area contributed by atoms with Gasteiger partial charge < -0.3 is 9.32 Å². The Morgan fingerprint density at radius 2 is 2.00 bits per heavy atom. The standard InChI is InChI=1S/C15H16N2O4S2/c16-23(19,20)12-5-3-11(4-6-12)7-8-17-14(18)10-22-15(17)13-2-1-9-21-13/h1-6,9,15H,7-8,10H2,(H2,16,19,20). The van der Waals surface area contributed by atoms with Gasteiger partial charge >= 0.3 is 0 Å². The van der Waals surface area contributed by atoms with Gasteiger partial charge in [0.15, 0.2) is 0 Å². The second kappa shape index (κ2) is 6.38. The minimum absolute atomic E-state index is 0.0811. The van der Waals surface area contributed by atoms with Crippen LogP contribution in [0.4, 0.5) is 0 Å². The lowest BCUT2D eigenvalue weighted by molar-refractivity contribution is -0.128. The number of rotatable bonds is 5. The van der Waals surface area contributed by atoms with Crippen LogP contribution in [0.5, 0.6) is 0 Å². The van der Waals surface area contributed by atoms with Gasteiger partial charge in [-0.2, -0.15) is 0 Å². The van der Waals surface area contributed by atoms with Crippen molar-refractivity contribution in [1.29, 1.82) is 0 Å². The number of thioether (sulfide) groups is 1. The van der Waals surface area contributed by atoms with Crippen molar-refractivity contribution >= 4 is 27.7 Å². The van der Waals surface area contributed by atoms with E-state index in [0.717, 1.165) is 11.3 Å². The molecule has 0 radical (unpaired) electrons. The zero-order valence-corrected chi connectivity index (χ0v) is 13.8. The quantitative estimate of drug-likeness (QED) is 0.885. The third kappa shape index (κ3) is 3.60. The molecule has 3 rings (SSSR count). The predicted molar refractivity (Wildman–Crippen MR) is 87.1 cm³/mol. The third-order valence-corrected chi connectivity index (χ3v) is 5.79. The molecule has 1 atom stereocenters. The fourth-order valence-electron chi connectivity index (χ4n) is 2.46. The van der Waals surface area contributed by atoms with Crippen LogP contribution in [0, 0.1) is 0 Å². The molecule has 1 fully saturated rings. The molecule has 0 spiro atoms. The predicted octanol–water partition coefficient (Wildman–Crippen LogP) is 1.74. The molecular weight excluding hydrogens is 336 g/mol. The molecule has 0 saturated carbocycles. The molecule has 23 heavy (non-hydrogen) atoms. The van der Waals surface area contributed by atoms with E-state index in [1.807, 2.05) is 12.1 Å². The minimum atomic E-state index is -3.68. The largest absolute Gasteiger partial charge is 0.466 e. The van der Waals surface area contributed by atoms with Crippen LogP contribution in [0.1, 0.15) is 16.7 Å². The molecule has 122 valence electrons. The second-order valence-electron chi connectivity index (χ2n) is 5.20. The molecule has 2 N–H and O–H groups in total. The van der Waals surface area contributed by atoms with E-state index in [-0.39, 0.29) is 16.2 Å². The molecule has 1 aromatic carbocycles. The Balaban J connectivity index is 1.68. The summed E-state index contributed by atoms with van der Waals surface area (Å²) in [6, 6.07) is 10.1. The number of hydrogen-bond acceptors (Lipinski definition) is 5. The van der Waals surface area contributed by atoms with Gasteiger partial charge in [-0.25, -0.2) is 13.6 Å². The number of carbonyl (C=O) groups excluding carboxylic acids is 1. The normalized spacial score (nSPS) is 18.6. The maximum Gasteiger partial charge on any atom is 0.238 e. The summed E-state index contributed by atoms with van der Waals surface area (Å²) < 4.78 is 27.9. The maximum atomic E-state index is 12.1. The van der Waals surface area contributed by atoms with Crippen LogP contribution in [-0.2, 0) is 21.2 Å². The van der Waals surface area contributed by atoms with E-state index in [9.17, 15) is 13.2 Å². The minimum Gasteiger partial charge on any atom is -0.466 e. The summed E-state index contributed by atoms with van der Waals surface area (Å²) in [6.45, 7) is 0.548. The molecule has 2 aromatic rings. The Hall–Kier alpha value is -1.77. The van der Waals surface area contributed by atoms with Crippen LogP contribution >= 0.6 is 11.8 Å². The smallest absolute Gasteiger partial charge is 0.238 e. The zero-order chi connectivity index (χ0) is 16.4. The van der Waals surface area contributed by atoms with Gasteiger partial charge in [0.25, 0.3) is 0 Å². The van der Waals surface area contributed by atoms with E-state index in [2.05, 4.69) is 0 Å². The molecular formula is C15H16N2O4S2.